The number of hydrogen-bond donors (Lipinski definition) is 6. The van der Waals surface area contributed by atoms with Crippen molar-refractivity contribution in [1.82, 2.24) is 46.2 Å². The van der Waals surface area contributed by atoms with Crippen molar-refractivity contribution < 1.29 is 52.6 Å². The van der Waals surface area contributed by atoms with Crippen LogP contribution in [0.25, 0.3) is 0 Å². The van der Waals surface area contributed by atoms with Crippen molar-refractivity contribution in [3.05, 3.63) is 35.9 Å². The fraction of sp³-hybridized carbons (Fsp3) is 0.712. The summed E-state index contributed by atoms with van der Waals surface area (Å²) < 4.78 is 16.0. The Bertz CT molecular complexity index is 2000. The van der Waals surface area contributed by atoms with Crippen LogP contribution >= 0.6 is 0 Å². The monoisotopic (exact) mass is 1020 g/mol. The summed E-state index contributed by atoms with van der Waals surface area (Å²) in [6, 6.07) is 1.12. The van der Waals surface area contributed by atoms with E-state index in [1.165, 1.54) is 46.9 Å². The molecule has 0 spiro atoms. The SMILES string of the molecule is CN[C@@](F)(Cc1ccccc1)C(=O)N(C)CC(=O)N(C)[C@@H](CC(C)C)C(=O)N[C@H](C(=O)N[C@@H](CC(C)C)C(=O)N(C)[C@@H](CC(C)C)C(=O)N[C@@H](CC(=O)N[C@H](C(C)=O)C(C)C)C(=O)N1CCCCC1)[C@@H](C)O. The highest BCUT2D eigenvalue weighted by atomic mass is 19.1. The van der Waals surface area contributed by atoms with Crippen LogP contribution in [-0.2, 0) is 49.6 Å². The number of halogens is 1. The van der Waals surface area contributed by atoms with Crippen molar-refractivity contribution in [2.24, 2.45) is 23.7 Å². The Kier molecular flexibility index (Phi) is 25.4. The zero-order valence-electron chi connectivity index (χ0n) is 45.3. The molecule has 1 heterocycles. The minimum Gasteiger partial charge on any atom is -0.391 e. The summed E-state index contributed by atoms with van der Waals surface area (Å²) >= 11 is 0. The van der Waals surface area contributed by atoms with Gasteiger partial charge < -0.3 is 46.0 Å². The first kappa shape index (κ1) is 62.6. The van der Waals surface area contributed by atoms with E-state index in [1.807, 2.05) is 41.5 Å². The van der Waals surface area contributed by atoms with Gasteiger partial charge in [-0.3, -0.25) is 48.5 Å². The maximum atomic E-state index is 16.0. The molecule has 2 rings (SSSR count). The zero-order valence-corrected chi connectivity index (χ0v) is 45.3. The Hall–Kier alpha value is -5.50. The molecule has 406 valence electrons. The first-order chi connectivity index (χ1) is 33.5. The molecular formula is C52H86FN9O10. The topological polar surface area (TPSA) is 247 Å². The van der Waals surface area contributed by atoms with Gasteiger partial charge in [0.1, 0.15) is 30.2 Å². The molecule has 1 aliphatic rings. The summed E-state index contributed by atoms with van der Waals surface area (Å²) in [6.07, 6.45) is 0.468. The highest BCUT2D eigenvalue weighted by molar-refractivity contribution is 5.98. The number of amides is 8. The fourth-order valence-corrected chi connectivity index (χ4v) is 8.75. The third-order valence-corrected chi connectivity index (χ3v) is 12.9. The lowest BCUT2D eigenvalue weighted by molar-refractivity contribution is -0.150. The Labute approximate surface area is 426 Å². The predicted octanol–water partition coefficient (Wildman–Crippen LogP) is 2.33. The van der Waals surface area contributed by atoms with Crippen LogP contribution in [-0.4, -0.2) is 174 Å². The third-order valence-electron chi connectivity index (χ3n) is 12.9. The normalized spacial score (nSPS) is 16.6. The molecule has 0 aromatic heterocycles. The number of likely N-dealkylation sites (N-methyl/N-ethyl adjacent to an activating group) is 4. The van der Waals surface area contributed by atoms with Crippen molar-refractivity contribution in [1.29, 1.82) is 0 Å². The second-order valence-electron chi connectivity index (χ2n) is 21.1. The summed E-state index contributed by atoms with van der Waals surface area (Å²) in [5.74, 6) is -9.42. The number of hydrogen-bond acceptors (Lipinski definition) is 11. The van der Waals surface area contributed by atoms with Crippen LogP contribution in [0, 0.1) is 23.7 Å². The van der Waals surface area contributed by atoms with Crippen molar-refractivity contribution >= 4 is 53.0 Å². The highest BCUT2D eigenvalue weighted by Crippen LogP contribution is 2.21. The smallest absolute Gasteiger partial charge is 0.275 e. The van der Waals surface area contributed by atoms with Gasteiger partial charge in [0, 0.05) is 40.7 Å². The van der Waals surface area contributed by atoms with Crippen LogP contribution in [0.2, 0.25) is 0 Å². The van der Waals surface area contributed by atoms with Gasteiger partial charge in [-0.1, -0.05) is 85.7 Å². The molecule has 1 aromatic rings. The van der Waals surface area contributed by atoms with Gasteiger partial charge in [-0.15, -0.1) is 0 Å². The summed E-state index contributed by atoms with van der Waals surface area (Å²) in [7, 11) is 5.33. The quantitative estimate of drug-likeness (QED) is 0.0666. The van der Waals surface area contributed by atoms with Crippen molar-refractivity contribution in [2.75, 3.05) is 47.8 Å². The zero-order chi connectivity index (χ0) is 54.8. The molecule has 0 bridgehead atoms. The number of nitrogens with one attached hydrogen (secondary N) is 5. The van der Waals surface area contributed by atoms with E-state index in [0.29, 0.717) is 18.7 Å². The molecule has 0 unspecified atom stereocenters. The molecule has 0 aliphatic carbocycles. The van der Waals surface area contributed by atoms with E-state index in [2.05, 4.69) is 26.6 Å². The van der Waals surface area contributed by atoms with Crippen molar-refractivity contribution in [2.45, 2.75) is 169 Å². The van der Waals surface area contributed by atoms with Crippen LogP contribution in [0.5, 0.6) is 0 Å². The standard InChI is InChI=1S/C52H86FN9O10/c1-31(2)25-38(49(70)61(14)41(27-33(5)6)46(67)55-39(50(71)62-23-19-16-20-24-62)28-42(65)57-44(34(7)8)35(9)63)56-48(69)45(36(10)64)58-47(68)40(26-32(3)4)60(13)43(66)30-59(12)51(72)52(53,54-11)29-37-21-17-15-18-22-37/h15,17-18,21-22,31-34,36,38-41,44-45,54,64H,16,19-20,23-30H2,1-14H3,(H,55,67)(H,56,69)(H,57,65)(H,58,68)/t36-,38+,39+,40+,41+,44+,45+,52+/m1/s1. The van der Waals surface area contributed by atoms with E-state index in [9.17, 15) is 48.3 Å². The molecule has 1 saturated heterocycles. The van der Waals surface area contributed by atoms with Gasteiger partial charge in [0.05, 0.1) is 25.1 Å². The maximum Gasteiger partial charge on any atom is 0.275 e. The van der Waals surface area contributed by atoms with Crippen LogP contribution in [0.3, 0.4) is 0 Å². The average Bonchev–Trinajstić information content (AvgIpc) is 3.31. The molecular weight excluding hydrogens is 930 g/mol. The molecule has 0 saturated carbocycles. The Morgan fingerprint density at radius 1 is 0.681 bits per heavy atom. The average molecular weight is 1020 g/mol. The molecule has 1 aliphatic heterocycles. The van der Waals surface area contributed by atoms with Crippen LogP contribution in [0.4, 0.5) is 4.39 Å². The number of ketones is 1. The number of benzene rings is 1. The minimum atomic E-state index is -2.54. The van der Waals surface area contributed by atoms with Gasteiger partial charge in [0.15, 0.2) is 5.78 Å². The first-order valence-corrected chi connectivity index (χ1v) is 25.4. The van der Waals surface area contributed by atoms with E-state index < -0.39 is 108 Å². The second-order valence-corrected chi connectivity index (χ2v) is 21.1. The van der Waals surface area contributed by atoms with E-state index in [4.69, 9.17) is 0 Å². The molecule has 19 nitrogen and oxygen atoms in total. The molecule has 0 radical (unpaired) electrons. The summed E-state index contributed by atoms with van der Waals surface area (Å²) in [6.45, 7) is 17.5. The van der Waals surface area contributed by atoms with Gasteiger partial charge in [0.2, 0.25) is 47.1 Å². The third kappa shape index (κ3) is 19.2. The molecule has 72 heavy (non-hydrogen) atoms. The summed E-state index contributed by atoms with van der Waals surface area (Å²) in [5, 5.41) is 24.1. The van der Waals surface area contributed by atoms with Gasteiger partial charge in [-0.05, 0) is 88.7 Å². The number of nitrogens with zero attached hydrogens (tertiary/aromatic N) is 4. The molecule has 6 N–H and O–H groups in total. The van der Waals surface area contributed by atoms with Crippen LogP contribution in [0.1, 0.15) is 120 Å². The Balaban J connectivity index is 2.38. The number of Topliss-reactive ketones (excluding diaryl/α,β-unsaturated/α-hetero) is 1. The Morgan fingerprint density at radius 2 is 1.19 bits per heavy atom. The highest BCUT2D eigenvalue weighted by Gasteiger charge is 2.42. The fourth-order valence-electron chi connectivity index (χ4n) is 8.75. The van der Waals surface area contributed by atoms with Crippen molar-refractivity contribution in [3.8, 4) is 0 Å². The summed E-state index contributed by atoms with van der Waals surface area (Å²) in [4.78, 5) is 129. The number of piperidine rings is 1. The van der Waals surface area contributed by atoms with Crippen LogP contribution < -0.4 is 26.6 Å². The molecule has 1 aromatic carbocycles. The number of carbonyl (C=O) groups is 9. The second kappa shape index (κ2) is 29.3. The predicted molar refractivity (Wildman–Crippen MR) is 272 cm³/mol. The van der Waals surface area contributed by atoms with E-state index in [0.717, 1.165) is 29.1 Å². The largest absolute Gasteiger partial charge is 0.391 e. The van der Waals surface area contributed by atoms with Gasteiger partial charge in [-0.2, -0.15) is 0 Å². The minimum absolute atomic E-state index is 0.0767. The lowest BCUT2D eigenvalue weighted by Gasteiger charge is -2.35. The number of rotatable bonds is 28. The number of likely N-dealkylation sites (tertiary alicyclic amines) is 1. The molecule has 8 atom stereocenters. The lowest BCUT2D eigenvalue weighted by atomic mass is 9.97. The number of aliphatic hydroxyl groups excluding tert-OH is 1. The maximum absolute atomic E-state index is 16.0. The summed E-state index contributed by atoms with van der Waals surface area (Å²) in [5.41, 5.74) is 0.549. The van der Waals surface area contributed by atoms with Crippen LogP contribution in [0.15, 0.2) is 30.3 Å². The van der Waals surface area contributed by atoms with Gasteiger partial charge in [-0.25, -0.2) is 4.39 Å². The Morgan fingerprint density at radius 3 is 1.68 bits per heavy atom. The van der Waals surface area contributed by atoms with E-state index in [-0.39, 0.29) is 55.1 Å². The number of aliphatic hydroxyl groups is 1. The molecule has 8 amide bonds. The van der Waals surface area contributed by atoms with E-state index >= 15 is 4.39 Å². The van der Waals surface area contributed by atoms with Gasteiger partial charge >= 0.3 is 0 Å². The lowest BCUT2D eigenvalue weighted by Crippen LogP contribution is -2.62. The molecule has 20 heteroatoms. The van der Waals surface area contributed by atoms with E-state index in [1.54, 1.807) is 49.1 Å². The van der Waals surface area contributed by atoms with Gasteiger partial charge in [0.25, 0.3) is 5.91 Å². The number of alkyl halides is 1. The van der Waals surface area contributed by atoms with Crippen molar-refractivity contribution in [3.63, 3.8) is 0 Å². The molecule has 1 fully saturated rings. The number of carbonyl (C=O) groups excluding carboxylic acids is 9. The first-order valence-electron chi connectivity index (χ1n) is 25.4.